The molecule has 0 bridgehead atoms. The van der Waals surface area contributed by atoms with E-state index in [1.807, 2.05) is 12.1 Å². The summed E-state index contributed by atoms with van der Waals surface area (Å²) < 4.78 is 3.05. The lowest BCUT2D eigenvalue weighted by Gasteiger charge is -2.01. The van der Waals surface area contributed by atoms with Crippen LogP contribution in [0, 0.1) is 0 Å². The van der Waals surface area contributed by atoms with Gasteiger partial charge >= 0.3 is 5.97 Å². The molecule has 98 valence electrons. The molecule has 0 spiro atoms. The fourth-order valence-corrected chi connectivity index (χ4v) is 1.63. The van der Waals surface area contributed by atoms with Gasteiger partial charge in [0, 0.05) is 30.9 Å². The minimum atomic E-state index is -0.857. The largest absolute Gasteiger partial charge is 0.481 e. The van der Waals surface area contributed by atoms with Gasteiger partial charge in [-0.2, -0.15) is 0 Å². The third-order valence-corrected chi connectivity index (χ3v) is 2.76. The van der Waals surface area contributed by atoms with Crippen LogP contribution >= 0.6 is 0 Å². The predicted molar refractivity (Wildman–Crippen MR) is 67.4 cm³/mol. The summed E-state index contributed by atoms with van der Waals surface area (Å²) in [6.07, 6.45) is 5.05. The summed E-state index contributed by atoms with van der Waals surface area (Å²) in [6, 6.07) is 5.18. The highest BCUT2D eigenvalue weighted by molar-refractivity contribution is 5.66. The smallest absolute Gasteiger partial charge is 0.309 e. The molecule has 0 aliphatic carbocycles. The zero-order chi connectivity index (χ0) is 13.8. The molecule has 2 heterocycles. The molecule has 0 unspecified atom stereocenters. The zero-order valence-electron chi connectivity index (χ0n) is 10.5. The number of carboxylic acid groups (broad SMARTS) is 1. The van der Waals surface area contributed by atoms with Crippen LogP contribution < -0.4 is 10.2 Å². The lowest BCUT2D eigenvalue weighted by molar-refractivity contribution is -0.752. The van der Waals surface area contributed by atoms with Crippen LogP contribution in [0.5, 0.6) is 0 Å². The van der Waals surface area contributed by atoms with Gasteiger partial charge in [-0.3, -0.25) is 9.59 Å². The lowest BCUT2D eigenvalue weighted by atomic mass is 10.1. The molecule has 0 radical (unpaired) electrons. The van der Waals surface area contributed by atoms with Crippen LogP contribution in [0.3, 0.4) is 0 Å². The second-order valence-electron chi connectivity index (χ2n) is 4.19. The quantitative estimate of drug-likeness (QED) is 0.797. The van der Waals surface area contributed by atoms with Crippen molar-refractivity contribution in [3.63, 3.8) is 0 Å². The molecule has 0 aliphatic rings. The van der Waals surface area contributed by atoms with Gasteiger partial charge in [0.25, 0.3) is 5.56 Å². The standard InChI is InChI=1S/C13H13N3O3/c1-15-5-2-10(8-12(15)17)11-3-6-16(14-9-11)7-4-13(18)19/h2-3,5-6,8-9H,4,7H2,1H3/p+1. The number of pyridine rings is 1. The number of carbonyl (C=O) groups is 1. The number of hydrogen-bond acceptors (Lipinski definition) is 3. The molecule has 0 fully saturated rings. The molecule has 0 aliphatic heterocycles. The van der Waals surface area contributed by atoms with E-state index >= 15 is 0 Å². The van der Waals surface area contributed by atoms with Gasteiger partial charge in [0.15, 0.2) is 12.7 Å². The van der Waals surface area contributed by atoms with Gasteiger partial charge in [0.1, 0.15) is 12.6 Å². The molecule has 1 N–H and O–H groups in total. The summed E-state index contributed by atoms with van der Waals surface area (Å²) in [4.78, 5) is 22.0. The Hall–Kier alpha value is -2.50. The first-order chi connectivity index (χ1) is 9.06. The topological polar surface area (TPSA) is 76.1 Å². The number of aryl methyl sites for hydroxylation is 2. The average Bonchev–Trinajstić information content (AvgIpc) is 2.40. The molecular weight excluding hydrogens is 246 g/mol. The van der Waals surface area contributed by atoms with Gasteiger partial charge in [0.2, 0.25) is 0 Å². The summed E-state index contributed by atoms with van der Waals surface area (Å²) in [6.45, 7) is 0.326. The van der Waals surface area contributed by atoms with Crippen LogP contribution in [0.25, 0.3) is 11.1 Å². The predicted octanol–water partition coefficient (Wildman–Crippen LogP) is 0.209. The van der Waals surface area contributed by atoms with E-state index in [0.717, 1.165) is 11.1 Å². The van der Waals surface area contributed by atoms with Crippen molar-refractivity contribution in [1.29, 1.82) is 0 Å². The van der Waals surface area contributed by atoms with Gasteiger partial charge in [-0.05, 0) is 16.7 Å². The Morgan fingerprint density at radius 2 is 2.21 bits per heavy atom. The van der Waals surface area contributed by atoms with Gasteiger partial charge in [-0.15, -0.1) is 0 Å². The molecule has 6 nitrogen and oxygen atoms in total. The third kappa shape index (κ3) is 3.25. The number of carboxylic acids is 1. The highest BCUT2D eigenvalue weighted by Crippen LogP contribution is 2.13. The van der Waals surface area contributed by atoms with Crippen molar-refractivity contribution in [2.75, 3.05) is 0 Å². The Labute approximate surface area is 109 Å². The second-order valence-corrected chi connectivity index (χ2v) is 4.19. The van der Waals surface area contributed by atoms with E-state index in [1.54, 1.807) is 36.4 Å². The summed E-state index contributed by atoms with van der Waals surface area (Å²) in [5.74, 6) is -0.857. The van der Waals surface area contributed by atoms with E-state index in [2.05, 4.69) is 5.10 Å². The van der Waals surface area contributed by atoms with Crippen molar-refractivity contribution < 1.29 is 14.6 Å². The third-order valence-electron chi connectivity index (χ3n) is 2.76. The van der Waals surface area contributed by atoms with E-state index < -0.39 is 5.97 Å². The van der Waals surface area contributed by atoms with Crippen molar-refractivity contribution in [3.8, 4) is 11.1 Å². The summed E-state index contributed by atoms with van der Waals surface area (Å²) in [5, 5.41) is 12.7. The molecule has 0 atom stereocenters. The van der Waals surface area contributed by atoms with E-state index in [1.165, 1.54) is 4.57 Å². The average molecular weight is 260 g/mol. The Kier molecular flexibility index (Phi) is 3.70. The SMILES string of the molecule is Cn1ccc(-c2cc[n+](CCC(=O)O)nc2)cc1=O. The normalized spacial score (nSPS) is 10.4. The van der Waals surface area contributed by atoms with E-state index in [-0.39, 0.29) is 12.0 Å². The summed E-state index contributed by atoms with van der Waals surface area (Å²) >= 11 is 0. The molecule has 19 heavy (non-hydrogen) atoms. The molecule has 2 aromatic rings. The van der Waals surface area contributed by atoms with E-state index in [4.69, 9.17) is 5.11 Å². The Morgan fingerprint density at radius 3 is 2.79 bits per heavy atom. The highest BCUT2D eigenvalue weighted by Gasteiger charge is 2.07. The molecule has 0 saturated heterocycles. The molecule has 0 amide bonds. The van der Waals surface area contributed by atoms with Crippen molar-refractivity contribution in [1.82, 2.24) is 9.67 Å². The number of hydrogen-bond donors (Lipinski definition) is 1. The van der Waals surface area contributed by atoms with Crippen LogP contribution in [0.4, 0.5) is 0 Å². The first kappa shape index (κ1) is 12.9. The number of aliphatic carboxylic acids is 1. The second kappa shape index (κ2) is 5.43. The fourth-order valence-electron chi connectivity index (χ4n) is 1.63. The molecule has 0 aromatic carbocycles. The first-order valence-electron chi connectivity index (χ1n) is 5.81. The number of aromatic nitrogens is 3. The van der Waals surface area contributed by atoms with Crippen molar-refractivity contribution >= 4 is 5.97 Å². The van der Waals surface area contributed by atoms with E-state index in [9.17, 15) is 9.59 Å². The zero-order valence-corrected chi connectivity index (χ0v) is 10.5. The fraction of sp³-hybridized carbons (Fsp3) is 0.231. The maximum Gasteiger partial charge on any atom is 0.309 e. The highest BCUT2D eigenvalue weighted by atomic mass is 16.4. The molecule has 0 saturated carbocycles. The minimum absolute atomic E-state index is 0.0306. The molecular formula is C13H14N3O3+. The van der Waals surface area contributed by atoms with Gasteiger partial charge in [0.05, 0.1) is 0 Å². The summed E-state index contributed by atoms with van der Waals surface area (Å²) in [7, 11) is 1.69. The maximum absolute atomic E-state index is 11.5. The van der Waals surface area contributed by atoms with Crippen LogP contribution in [0.1, 0.15) is 6.42 Å². The molecule has 6 heteroatoms. The van der Waals surface area contributed by atoms with Gasteiger partial charge < -0.3 is 9.67 Å². The monoisotopic (exact) mass is 260 g/mol. The van der Waals surface area contributed by atoms with Crippen LogP contribution in [-0.4, -0.2) is 20.7 Å². The Bertz CT molecular complexity index is 647. The van der Waals surface area contributed by atoms with Crippen molar-refractivity contribution in [2.24, 2.45) is 7.05 Å². The van der Waals surface area contributed by atoms with Crippen LogP contribution in [0.15, 0.2) is 41.6 Å². The van der Waals surface area contributed by atoms with Crippen molar-refractivity contribution in [3.05, 3.63) is 47.1 Å². The number of nitrogens with zero attached hydrogens (tertiary/aromatic N) is 3. The first-order valence-corrected chi connectivity index (χ1v) is 5.81. The van der Waals surface area contributed by atoms with E-state index in [0.29, 0.717) is 6.54 Å². The van der Waals surface area contributed by atoms with Crippen molar-refractivity contribution in [2.45, 2.75) is 13.0 Å². The summed E-state index contributed by atoms with van der Waals surface area (Å²) in [5.41, 5.74) is 1.53. The molecule has 2 aromatic heterocycles. The minimum Gasteiger partial charge on any atom is -0.481 e. The lowest BCUT2D eigenvalue weighted by Crippen LogP contribution is -2.38. The number of rotatable bonds is 4. The maximum atomic E-state index is 11.5. The van der Waals surface area contributed by atoms with Crippen LogP contribution in [0.2, 0.25) is 0 Å². The Morgan fingerprint density at radius 1 is 1.42 bits per heavy atom. The molecule has 2 rings (SSSR count). The van der Waals surface area contributed by atoms with Gasteiger partial charge in [-0.25, -0.2) is 0 Å². The van der Waals surface area contributed by atoms with Gasteiger partial charge in [-0.1, -0.05) is 4.68 Å². The van der Waals surface area contributed by atoms with Crippen LogP contribution in [-0.2, 0) is 18.4 Å². The Balaban J connectivity index is 2.20.